The number of amides is 1. The topological polar surface area (TPSA) is 75.1 Å². The van der Waals surface area contributed by atoms with Gasteiger partial charge in [-0.1, -0.05) is 0 Å². The number of nitrogens with zero attached hydrogens (tertiary/aromatic N) is 2. The van der Waals surface area contributed by atoms with Crippen molar-refractivity contribution in [2.75, 3.05) is 18.9 Å². The summed E-state index contributed by atoms with van der Waals surface area (Å²) >= 11 is 1.40. The van der Waals surface area contributed by atoms with Gasteiger partial charge in [-0.25, -0.2) is 0 Å². The second-order valence-corrected chi connectivity index (χ2v) is 3.80. The van der Waals surface area contributed by atoms with Gasteiger partial charge in [0.05, 0.1) is 6.61 Å². The smallest absolute Gasteiger partial charge is 0.271 e. The molecule has 0 radical (unpaired) electrons. The Morgan fingerprint density at radius 1 is 1.53 bits per heavy atom. The molecule has 1 aromatic rings. The molecule has 0 bridgehead atoms. The second-order valence-electron chi connectivity index (χ2n) is 2.69. The van der Waals surface area contributed by atoms with E-state index in [0.29, 0.717) is 23.0 Å². The van der Waals surface area contributed by atoms with Crippen molar-refractivity contribution >= 4 is 17.7 Å². The molecule has 5 nitrogen and oxygen atoms in total. The third-order valence-electron chi connectivity index (χ3n) is 1.55. The number of carbonyl (C=O) groups excluding carboxylic acids is 1. The quantitative estimate of drug-likeness (QED) is 0.708. The van der Waals surface area contributed by atoms with Crippen molar-refractivity contribution in [3.8, 4) is 0 Å². The van der Waals surface area contributed by atoms with E-state index in [9.17, 15) is 4.79 Å². The first kappa shape index (κ1) is 11.9. The summed E-state index contributed by atoms with van der Waals surface area (Å²) in [5.41, 5.74) is 0.310. The third kappa shape index (κ3) is 3.85. The Morgan fingerprint density at radius 2 is 2.33 bits per heavy atom. The number of aliphatic hydroxyl groups excluding tert-OH is 1. The Balaban J connectivity index is 2.59. The molecule has 15 heavy (non-hydrogen) atoms. The highest BCUT2D eigenvalue weighted by atomic mass is 32.2. The van der Waals surface area contributed by atoms with Gasteiger partial charge in [-0.3, -0.25) is 4.79 Å². The van der Waals surface area contributed by atoms with Gasteiger partial charge in [0.15, 0.2) is 5.69 Å². The predicted octanol–water partition coefficient (Wildman–Crippen LogP) is 0.311. The average molecular weight is 227 g/mol. The summed E-state index contributed by atoms with van der Waals surface area (Å²) in [5.74, 6) is 0.360. The summed E-state index contributed by atoms with van der Waals surface area (Å²) in [4.78, 5) is 11.3. The third-order valence-corrected chi connectivity index (χ3v) is 2.45. The van der Waals surface area contributed by atoms with Gasteiger partial charge in [-0.2, -0.15) is 0 Å². The van der Waals surface area contributed by atoms with E-state index >= 15 is 0 Å². The molecule has 0 saturated carbocycles. The summed E-state index contributed by atoms with van der Waals surface area (Å²) in [6, 6.07) is 3.34. The van der Waals surface area contributed by atoms with Crippen molar-refractivity contribution in [1.29, 1.82) is 0 Å². The molecule has 0 fully saturated rings. The first-order valence-corrected chi connectivity index (χ1v) is 5.62. The monoisotopic (exact) mass is 227 g/mol. The fraction of sp³-hybridized carbons (Fsp3) is 0.444. The van der Waals surface area contributed by atoms with Crippen molar-refractivity contribution in [2.24, 2.45) is 0 Å². The zero-order chi connectivity index (χ0) is 11.1. The number of carbonyl (C=O) groups is 1. The summed E-state index contributed by atoms with van der Waals surface area (Å²) in [7, 11) is 0. The molecular formula is C9H13N3O2S. The van der Waals surface area contributed by atoms with Crippen molar-refractivity contribution in [3.63, 3.8) is 0 Å². The lowest BCUT2D eigenvalue weighted by atomic mass is 10.4. The van der Waals surface area contributed by atoms with Crippen LogP contribution in [0, 0.1) is 0 Å². The lowest BCUT2D eigenvalue weighted by molar-refractivity contribution is 0.0949. The largest absolute Gasteiger partial charge is 0.396 e. The summed E-state index contributed by atoms with van der Waals surface area (Å²) in [6.07, 6.45) is 0. The van der Waals surface area contributed by atoms with E-state index in [0.717, 1.165) is 0 Å². The molecule has 0 aromatic carbocycles. The number of aliphatic hydroxyl groups is 1. The number of hydrogen-bond donors (Lipinski definition) is 2. The Hall–Kier alpha value is -1.14. The van der Waals surface area contributed by atoms with Crippen LogP contribution in [0.3, 0.4) is 0 Å². The van der Waals surface area contributed by atoms with Gasteiger partial charge in [0.2, 0.25) is 0 Å². The first-order chi connectivity index (χ1) is 7.27. The van der Waals surface area contributed by atoms with Crippen LogP contribution in [-0.4, -0.2) is 40.1 Å². The molecule has 1 aromatic heterocycles. The molecule has 1 heterocycles. The molecule has 1 rings (SSSR count). The van der Waals surface area contributed by atoms with E-state index in [4.69, 9.17) is 5.11 Å². The number of thioether (sulfide) groups is 1. The lowest BCUT2D eigenvalue weighted by Crippen LogP contribution is -2.23. The molecule has 0 aliphatic heterocycles. The molecule has 0 saturated heterocycles. The number of hydrogen-bond acceptors (Lipinski definition) is 5. The Bertz CT molecular complexity index is 316. The van der Waals surface area contributed by atoms with E-state index in [1.807, 2.05) is 6.92 Å². The Kier molecular flexibility index (Phi) is 5.06. The van der Waals surface area contributed by atoms with Crippen LogP contribution in [0.2, 0.25) is 0 Å². The zero-order valence-electron chi connectivity index (χ0n) is 8.43. The van der Waals surface area contributed by atoms with Gasteiger partial charge in [0.25, 0.3) is 5.91 Å². The van der Waals surface area contributed by atoms with E-state index in [2.05, 4.69) is 15.5 Å². The normalized spacial score (nSPS) is 10.0. The minimum absolute atomic E-state index is 0.102. The molecule has 6 heteroatoms. The highest BCUT2D eigenvalue weighted by Crippen LogP contribution is 2.12. The second kappa shape index (κ2) is 6.36. The van der Waals surface area contributed by atoms with Crippen molar-refractivity contribution in [1.82, 2.24) is 15.5 Å². The average Bonchev–Trinajstić information content (AvgIpc) is 2.27. The molecule has 82 valence electrons. The molecule has 0 aliphatic carbocycles. The maximum atomic E-state index is 11.3. The predicted molar refractivity (Wildman–Crippen MR) is 57.8 cm³/mol. The van der Waals surface area contributed by atoms with Crippen LogP contribution >= 0.6 is 11.8 Å². The fourth-order valence-corrected chi connectivity index (χ4v) is 1.48. The maximum absolute atomic E-state index is 11.3. The molecule has 0 aliphatic rings. The van der Waals surface area contributed by atoms with E-state index < -0.39 is 0 Å². The summed E-state index contributed by atoms with van der Waals surface area (Å²) in [5, 5.41) is 19.6. The standard InChI is InChI=1S/C9H13N3O2S/c1-2-10-9(14)7-3-4-8(12-11-7)15-6-5-13/h3-4,13H,2,5-6H2,1H3,(H,10,14). The summed E-state index contributed by atoms with van der Waals surface area (Å²) in [6.45, 7) is 2.52. The molecule has 1 amide bonds. The highest BCUT2D eigenvalue weighted by Gasteiger charge is 2.06. The van der Waals surface area contributed by atoms with Gasteiger partial charge in [0, 0.05) is 12.3 Å². The molecular weight excluding hydrogens is 214 g/mol. The fourth-order valence-electron chi connectivity index (χ4n) is 0.919. The van der Waals surface area contributed by atoms with Crippen LogP contribution in [-0.2, 0) is 0 Å². The molecule has 0 unspecified atom stereocenters. The first-order valence-electron chi connectivity index (χ1n) is 4.63. The maximum Gasteiger partial charge on any atom is 0.271 e. The van der Waals surface area contributed by atoms with Gasteiger partial charge >= 0.3 is 0 Å². The SMILES string of the molecule is CCNC(=O)c1ccc(SCCO)nn1. The lowest BCUT2D eigenvalue weighted by Gasteiger charge is -2.01. The van der Waals surface area contributed by atoms with Crippen LogP contribution in [0.4, 0.5) is 0 Å². The van der Waals surface area contributed by atoms with Gasteiger partial charge in [-0.05, 0) is 19.1 Å². The van der Waals surface area contributed by atoms with Crippen LogP contribution < -0.4 is 5.32 Å². The van der Waals surface area contributed by atoms with E-state index in [-0.39, 0.29) is 12.5 Å². The van der Waals surface area contributed by atoms with Crippen LogP contribution in [0.5, 0.6) is 0 Å². The minimum Gasteiger partial charge on any atom is -0.396 e. The van der Waals surface area contributed by atoms with Crippen molar-refractivity contribution in [3.05, 3.63) is 17.8 Å². The number of rotatable bonds is 5. The van der Waals surface area contributed by atoms with Crippen molar-refractivity contribution in [2.45, 2.75) is 11.9 Å². The van der Waals surface area contributed by atoms with Crippen molar-refractivity contribution < 1.29 is 9.90 Å². The summed E-state index contributed by atoms with van der Waals surface area (Å²) < 4.78 is 0. The van der Waals surface area contributed by atoms with Gasteiger partial charge in [-0.15, -0.1) is 22.0 Å². The molecule has 2 N–H and O–H groups in total. The molecule has 0 atom stereocenters. The molecule has 0 spiro atoms. The zero-order valence-corrected chi connectivity index (χ0v) is 9.25. The minimum atomic E-state index is -0.219. The Morgan fingerprint density at radius 3 is 2.87 bits per heavy atom. The number of nitrogens with one attached hydrogen (secondary N) is 1. The highest BCUT2D eigenvalue weighted by molar-refractivity contribution is 7.99. The van der Waals surface area contributed by atoms with Gasteiger partial charge in [0.1, 0.15) is 5.03 Å². The van der Waals surface area contributed by atoms with Crippen LogP contribution in [0.25, 0.3) is 0 Å². The van der Waals surface area contributed by atoms with Crippen LogP contribution in [0.15, 0.2) is 17.2 Å². The van der Waals surface area contributed by atoms with Gasteiger partial charge < -0.3 is 10.4 Å². The van der Waals surface area contributed by atoms with E-state index in [1.165, 1.54) is 11.8 Å². The van der Waals surface area contributed by atoms with E-state index in [1.54, 1.807) is 12.1 Å². The van der Waals surface area contributed by atoms with Crippen LogP contribution in [0.1, 0.15) is 17.4 Å². The Labute approximate surface area is 92.3 Å². The number of aromatic nitrogens is 2.